The Bertz CT molecular complexity index is 829. The van der Waals surface area contributed by atoms with Crippen molar-refractivity contribution in [1.82, 2.24) is 0 Å². The molecule has 0 amide bonds. The fourth-order valence-corrected chi connectivity index (χ4v) is 3.47. The summed E-state index contributed by atoms with van der Waals surface area (Å²) in [6.07, 6.45) is -0.805. The molecule has 1 atom stereocenters. The van der Waals surface area contributed by atoms with Crippen molar-refractivity contribution in [1.29, 1.82) is 0 Å². The smallest absolute Gasteiger partial charge is 0.195 e. The van der Waals surface area contributed by atoms with Gasteiger partial charge >= 0.3 is 0 Å². The molecule has 0 saturated carbocycles. The lowest BCUT2D eigenvalue weighted by Gasteiger charge is -2.27. The summed E-state index contributed by atoms with van der Waals surface area (Å²) < 4.78 is 15.8. The van der Waals surface area contributed by atoms with Crippen LogP contribution in [0.15, 0.2) is 36.4 Å². The minimum atomic E-state index is -0.805. The van der Waals surface area contributed by atoms with Crippen molar-refractivity contribution in [2.24, 2.45) is 0 Å². The normalized spacial score (nSPS) is 12.5. The van der Waals surface area contributed by atoms with Crippen LogP contribution in [-0.2, 0) is 14.9 Å². The van der Waals surface area contributed by atoms with Gasteiger partial charge in [0.05, 0.1) is 15.9 Å². The van der Waals surface area contributed by atoms with Gasteiger partial charge in [0.2, 0.25) is 0 Å². The molecule has 2 rings (SSSR count). The number of carbonyl (C=O) groups is 1. The predicted molar refractivity (Wildman–Crippen MR) is 120 cm³/mol. The van der Waals surface area contributed by atoms with Gasteiger partial charge in [-0.2, -0.15) is 0 Å². The molecule has 0 saturated heterocycles. The highest BCUT2D eigenvalue weighted by Gasteiger charge is 2.26. The van der Waals surface area contributed by atoms with E-state index in [9.17, 15) is 9.90 Å². The number of benzene rings is 2. The first-order valence-corrected chi connectivity index (χ1v) is 10.6. The van der Waals surface area contributed by atoms with Crippen LogP contribution in [0.3, 0.4) is 0 Å². The zero-order chi connectivity index (χ0) is 22.3. The standard InChI is InChI=1S/C22H25Cl3O5/c1-22(2,14-4-6-18(7-5-14)29-13-17(27)11-28-3)15-8-19(24)21(20(25)9-15)30-12-16(26)10-23/h4-9,16,26H,10-13H2,1-3H3. The van der Waals surface area contributed by atoms with E-state index in [0.29, 0.717) is 21.5 Å². The van der Waals surface area contributed by atoms with Gasteiger partial charge in [-0.1, -0.05) is 49.2 Å². The third-order valence-corrected chi connectivity index (χ3v) is 5.52. The Kier molecular flexibility index (Phi) is 9.26. The first-order chi connectivity index (χ1) is 14.2. The molecule has 164 valence electrons. The molecule has 1 N–H and O–H groups in total. The Hall–Kier alpha value is -1.50. The number of halogens is 3. The second-order valence-corrected chi connectivity index (χ2v) is 8.42. The van der Waals surface area contributed by atoms with Crippen LogP contribution in [0.5, 0.6) is 11.5 Å². The number of hydrogen-bond acceptors (Lipinski definition) is 5. The van der Waals surface area contributed by atoms with Crippen molar-refractivity contribution in [2.75, 3.05) is 32.8 Å². The van der Waals surface area contributed by atoms with Crippen LogP contribution in [0.2, 0.25) is 10.0 Å². The molecule has 2 aromatic carbocycles. The molecule has 5 nitrogen and oxygen atoms in total. The van der Waals surface area contributed by atoms with E-state index in [0.717, 1.165) is 11.1 Å². The number of methoxy groups -OCH3 is 1. The van der Waals surface area contributed by atoms with Crippen LogP contribution < -0.4 is 9.47 Å². The molecule has 0 aliphatic heterocycles. The number of ketones is 1. The molecule has 0 spiro atoms. The Balaban J connectivity index is 2.17. The van der Waals surface area contributed by atoms with Crippen LogP contribution in [-0.4, -0.2) is 49.8 Å². The number of Topliss-reactive ketones (excluding diaryl/α,β-unsaturated/α-hetero) is 1. The SMILES string of the molecule is COCC(=O)COc1ccc(C(C)(C)c2cc(Cl)c(OCC(O)CCl)c(Cl)c2)cc1. The summed E-state index contributed by atoms with van der Waals surface area (Å²) in [5.74, 6) is 0.830. The maximum absolute atomic E-state index is 11.5. The molecular weight excluding hydrogens is 451 g/mol. The molecule has 1 unspecified atom stereocenters. The number of ether oxygens (including phenoxy) is 3. The number of hydrogen-bond donors (Lipinski definition) is 1. The second kappa shape index (κ2) is 11.2. The number of rotatable bonds is 11. The molecule has 0 aromatic heterocycles. The van der Waals surface area contributed by atoms with E-state index in [-0.39, 0.29) is 31.5 Å². The lowest BCUT2D eigenvalue weighted by molar-refractivity contribution is -0.124. The van der Waals surface area contributed by atoms with Crippen molar-refractivity contribution in [3.05, 3.63) is 57.6 Å². The minimum Gasteiger partial charge on any atom is -0.488 e. The van der Waals surface area contributed by atoms with Crippen LogP contribution in [0, 0.1) is 0 Å². The maximum atomic E-state index is 11.5. The van der Waals surface area contributed by atoms with E-state index >= 15 is 0 Å². The van der Waals surface area contributed by atoms with Gasteiger partial charge in [0.25, 0.3) is 0 Å². The van der Waals surface area contributed by atoms with Gasteiger partial charge in [-0.15, -0.1) is 11.6 Å². The first-order valence-electron chi connectivity index (χ1n) is 9.29. The molecule has 0 aliphatic rings. The van der Waals surface area contributed by atoms with E-state index in [2.05, 4.69) is 0 Å². The molecule has 0 heterocycles. The van der Waals surface area contributed by atoms with Gasteiger partial charge in [-0.3, -0.25) is 4.79 Å². The van der Waals surface area contributed by atoms with E-state index < -0.39 is 11.5 Å². The molecule has 0 radical (unpaired) electrons. The van der Waals surface area contributed by atoms with Crippen LogP contribution in [0.1, 0.15) is 25.0 Å². The summed E-state index contributed by atoms with van der Waals surface area (Å²) in [7, 11) is 1.47. The minimum absolute atomic E-state index is 0.0000254. The highest BCUT2D eigenvalue weighted by Crippen LogP contribution is 2.40. The molecule has 0 aliphatic carbocycles. The van der Waals surface area contributed by atoms with Crippen molar-refractivity contribution < 1.29 is 24.1 Å². The van der Waals surface area contributed by atoms with E-state index in [1.165, 1.54) is 7.11 Å². The van der Waals surface area contributed by atoms with Gasteiger partial charge in [-0.05, 0) is 35.4 Å². The quantitative estimate of drug-likeness (QED) is 0.469. The number of aliphatic hydroxyl groups excluding tert-OH is 1. The molecule has 2 aromatic rings. The number of alkyl halides is 1. The Labute approximate surface area is 191 Å². The van der Waals surface area contributed by atoms with Crippen LogP contribution in [0.25, 0.3) is 0 Å². The third kappa shape index (κ3) is 6.50. The van der Waals surface area contributed by atoms with Gasteiger partial charge in [-0.25, -0.2) is 0 Å². The highest BCUT2D eigenvalue weighted by molar-refractivity contribution is 6.37. The second-order valence-electron chi connectivity index (χ2n) is 7.30. The van der Waals surface area contributed by atoms with Crippen LogP contribution >= 0.6 is 34.8 Å². The van der Waals surface area contributed by atoms with Gasteiger partial charge in [0, 0.05) is 12.5 Å². The first kappa shape index (κ1) is 24.8. The summed E-state index contributed by atoms with van der Waals surface area (Å²) >= 11 is 18.4. The summed E-state index contributed by atoms with van der Waals surface area (Å²) in [4.78, 5) is 11.5. The molecule has 8 heteroatoms. The summed E-state index contributed by atoms with van der Waals surface area (Å²) in [5, 5.41) is 10.3. The number of aliphatic hydroxyl groups is 1. The molecule has 0 bridgehead atoms. The average molecular weight is 476 g/mol. The largest absolute Gasteiger partial charge is 0.488 e. The Morgan fingerprint density at radius 3 is 2.17 bits per heavy atom. The number of carbonyl (C=O) groups excluding carboxylic acids is 1. The van der Waals surface area contributed by atoms with Crippen molar-refractivity contribution in [3.8, 4) is 11.5 Å². The van der Waals surface area contributed by atoms with Crippen molar-refractivity contribution >= 4 is 40.6 Å². The Morgan fingerprint density at radius 2 is 1.63 bits per heavy atom. The summed E-state index contributed by atoms with van der Waals surface area (Å²) in [5.41, 5.74) is 1.49. The van der Waals surface area contributed by atoms with E-state index in [4.69, 9.17) is 49.0 Å². The zero-order valence-corrected chi connectivity index (χ0v) is 19.4. The van der Waals surface area contributed by atoms with Gasteiger partial charge < -0.3 is 19.3 Å². The van der Waals surface area contributed by atoms with Crippen molar-refractivity contribution in [3.63, 3.8) is 0 Å². The van der Waals surface area contributed by atoms with Gasteiger partial charge in [0.15, 0.2) is 11.5 Å². The summed E-state index contributed by atoms with van der Waals surface area (Å²) in [6, 6.07) is 11.1. The average Bonchev–Trinajstić information content (AvgIpc) is 2.71. The molecule has 0 fully saturated rings. The zero-order valence-electron chi connectivity index (χ0n) is 17.1. The lowest BCUT2D eigenvalue weighted by atomic mass is 9.78. The molecule has 30 heavy (non-hydrogen) atoms. The predicted octanol–water partition coefficient (Wildman–Crippen LogP) is 4.89. The van der Waals surface area contributed by atoms with Crippen LogP contribution in [0.4, 0.5) is 0 Å². The van der Waals surface area contributed by atoms with Crippen molar-refractivity contribution in [2.45, 2.75) is 25.4 Å². The molecular formula is C22H25Cl3O5. The summed E-state index contributed by atoms with van der Waals surface area (Å²) in [6.45, 7) is 4.08. The third-order valence-electron chi connectivity index (χ3n) is 4.60. The fraction of sp³-hybridized carbons (Fsp3) is 0.409. The van der Waals surface area contributed by atoms with Gasteiger partial charge in [0.1, 0.15) is 31.7 Å². The highest BCUT2D eigenvalue weighted by atomic mass is 35.5. The van der Waals surface area contributed by atoms with E-state index in [1.54, 1.807) is 12.1 Å². The topological polar surface area (TPSA) is 65.0 Å². The monoisotopic (exact) mass is 474 g/mol. The maximum Gasteiger partial charge on any atom is 0.195 e. The Morgan fingerprint density at radius 1 is 1.03 bits per heavy atom. The lowest BCUT2D eigenvalue weighted by Crippen LogP contribution is -2.21. The van der Waals surface area contributed by atoms with E-state index in [1.807, 2.05) is 38.1 Å². The fourth-order valence-electron chi connectivity index (χ4n) is 2.78.